The summed E-state index contributed by atoms with van der Waals surface area (Å²) in [4.78, 5) is 22.8. The number of likely N-dealkylation sites (tertiary alicyclic amines) is 1. The van der Waals surface area contributed by atoms with Crippen LogP contribution in [0.5, 0.6) is 17.2 Å². The molecular weight excluding hydrogens is 441 g/mol. The van der Waals surface area contributed by atoms with Crippen LogP contribution >= 0.6 is 0 Å². The first-order chi connectivity index (χ1) is 15.7. The van der Waals surface area contributed by atoms with Crippen molar-refractivity contribution in [2.24, 2.45) is 5.92 Å². The first-order valence-electron chi connectivity index (χ1n) is 10.5. The molecule has 8 nitrogen and oxygen atoms in total. The van der Waals surface area contributed by atoms with Crippen LogP contribution in [0.3, 0.4) is 0 Å². The molecule has 0 aromatic carbocycles. The predicted molar refractivity (Wildman–Crippen MR) is 115 cm³/mol. The first kappa shape index (κ1) is 24.4. The number of nitrogens with two attached hydrogens (primary N) is 1. The van der Waals surface area contributed by atoms with Crippen LogP contribution in [0.4, 0.5) is 19.0 Å². The van der Waals surface area contributed by atoms with Crippen molar-refractivity contribution < 1.29 is 32.2 Å². The molecule has 3 heterocycles. The molecule has 11 heteroatoms. The zero-order chi connectivity index (χ0) is 24.1. The minimum atomic E-state index is -2.88. The molecule has 2 N–H and O–H groups in total. The van der Waals surface area contributed by atoms with Crippen LogP contribution in [-0.2, 0) is 0 Å². The molecule has 2 aromatic heterocycles. The lowest BCUT2D eigenvalue weighted by Crippen LogP contribution is -2.38. The van der Waals surface area contributed by atoms with E-state index in [1.165, 1.54) is 13.2 Å². The van der Waals surface area contributed by atoms with Crippen molar-refractivity contribution in [3.63, 3.8) is 0 Å². The van der Waals surface area contributed by atoms with Crippen molar-refractivity contribution in [1.82, 2.24) is 14.9 Å². The monoisotopic (exact) mass is 468 g/mol. The lowest BCUT2D eigenvalue weighted by Gasteiger charge is -2.32. The second kappa shape index (κ2) is 10.6. The van der Waals surface area contributed by atoms with Crippen LogP contribution in [0.25, 0.3) is 0 Å². The van der Waals surface area contributed by atoms with Gasteiger partial charge in [-0.15, -0.1) is 0 Å². The van der Waals surface area contributed by atoms with Crippen molar-refractivity contribution >= 4 is 11.7 Å². The highest BCUT2D eigenvalue weighted by atomic mass is 19.3. The van der Waals surface area contributed by atoms with E-state index in [0.29, 0.717) is 37.5 Å². The van der Waals surface area contributed by atoms with Crippen LogP contribution < -0.4 is 19.9 Å². The molecule has 2 atom stereocenters. The third-order valence-electron chi connectivity index (χ3n) is 5.68. The van der Waals surface area contributed by atoms with Gasteiger partial charge in [0.2, 0.25) is 12.8 Å². The number of carbonyl (C=O) groups excluding carboxylic acids is 1. The average molecular weight is 468 g/mol. The fourth-order valence-electron chi connectivity index (χ4n) is 3.63. The quantitative estimate of drug-likeness (QED) is 0.631. The number of halogens is 3. The van der Waals surface area contributed by atoms with E-state index < -0.39 is 18.7 Å². The molecule has 0 aliphatic carbocycles. The van der Waals surface area contributed by atoms with Crippen LogP contribution in [0, 0.1) is 5.92 Å². The van der Waals surface area contributed by atoms with Gasteiger partial charge in [0.1, 0.15) is 17.3 Å². The number of piperidine rings is 1. The van der Waals surface area contributed by atoms with E-state index in [1.54, 1.807) is 24.3 Å². The molecule has 0 spiro atoms. The highest BCUT2D eigenvalue weighted by molar-refractivity contribution is 5.93. The molecule has 180 valence electrons. The van der Waals surface area contributed by atoms with Gasteiger partial charge in [-0.3, -0.25) is 4.79 Å². The molecule has 1 aliphatic rings. The molecule has 3 rings (SSSR count). The third-order valence-corrected chi connectivity index (χ3v) is 5.68. The molecule has 2 aromatic rings. The maximum atomic E-state index is 14.0. The molecule has 33 heavy (non-hydrogen) atoms. The van der Waals surface area contributed by atoms with Gasteiger partial charge in [-0.25, -0.2) is 23.1 Å². The van der Waals surface area contributed by atoms with Gasteiger partial charge in [0.15, 0.2) is 11.5 Å². The van der Waals surface area contributed by atoms with Gasteiger partial charge in [-0.05, 0) is 18.8 Å². The van der Waals surface area contributed by atoms with Gasteiger partial charge < -0.3 is 24.8 Å². The number of amides is 1. The fraction of sp³-hybridized carbons (Fsp3) is 0.500. The van der Waals surface area contributed by atoms with Crippen LogP contribution in [0.1, 0.15) is 41.7 Å². The first-order valence-corrected chi connectivity index (χ1v) is 10.5. The molecule has 1 saturated heterocycles. The number of pyridine rings is 2. The number of hydrogen-bond donors (Lipinski definition) is 1. The van der Waals surface area contributed by atoms with Gasteiger partial charge in [0, 0.05) is 37.0 Å². The SMILES string of the molecule is COc1cc(C(=O)N2CCC(c3cnc(N)cc3OC)CC2)ncc1OC(F)C(C)C(F)F. The number of carbonyl (C=O) groups is 1. The Labute approximate surface area is 189 Å². The fourth-order valence-corrected chi connectivity index (χ4v) is 3.63. The lowest BCUT2D eigenvalue weighted by molar-refractivity contribution is -0.0525. The minimum absolute atomic E-state index is 0.0324. The van der Waals surface area contributed by atoms with Crippen molar-refractivity contribution in [3.05, 3.63) is 35.8 Å². The van der Waals surface area contributed by atoms with Gasteiger partial charge in [0.25, 0.3) is 5.91 Å². The number of anilines is 1. The van der Waals surface area contributed by atoms with Crippen LogP contribution in [0.15, 0.2) is 24.5 Å². The van der Waals surface area contributed by atoms with Crippen molar-refractivity contribution in [3.8, 4) is 17.2 Å². The number of aromatic nitrogens is 2. The van der Waals surface area contributed by atoms with Crippen molar-refractivity contribution in [2.75, 3.05) is 33.0 Å². The number of alkyl halides is 3. The number of hydrogen-bond acceptors (Lipinski definition) is 7. The maximum Gasteiger partial charge on any atom is 0.272 e. The molecule has 2 unspecified atom stereocenters. The summed E-state index contributed by atoms with van der Waals surface area (Å²) in [6.07, 6.45) is -0.932. The zero-order valence-electron chi connectivity index (χ0n) is 18.6. The van der Waals surface area contributed by atoms with Crippen LogP contribution in [-0.4, -0.2) is 60.9 Å². The number of ether oxygens (including phenoxy) is 3. The van der Waals surface area contributed by atoms with E-state index in [9.17, 15) is 18.0 Å². The van der Waals surface area contributed by atoms with Gasteiger partial charge in [0.05, 0.1) is 26.3 Å². The summed E-state index contributed by atoms with van der Waals surface area (Å²) >= 11 is 0. The third kappa shape index (κ3) is 5.58. The summed E-state index contributed by atoms with van der Waals surface area (Å²) < 4.78 is 54.9. The van der Waals surface area contributed by atoms with E-state index in [-0.39, 0.29) is 29.0 Å². The van der Waals surface area contributed by atoms with Gasteiger partial charge in [-0.2, -0.15) is 0 Å². The highest BCUT2D eigenvalue weighted by Gasteiger charge is 2.30. The Balaban J connectivity index is 1.67. The Morgan fingerprint density at radius 3 is 2.33 bits per heavy atom. The van der Waals surface area contributed by atoms with E-state index in [0.717, 1.165) is 18.7 Å². The van der Waals surface area contributed by atoms with E-state index in [4.69, 9.17) is 19.9 Å². The molecule has 0 saturated carbocycles. The topological polar surface area (TPSA) is 99.8 Å². The number of rotatable bonds is 8. The van der Waals surface area contributed by atoms with E-state index >= 15 is 0 Å². The zero-order valence-corrected chi connectivity index (χ0v) is 18.6. The van der Waals surface area contributed by atoms with Crippen LogP contribution in [0.2, 0.25) is 0 Å². The highest BCUT2D eigenvalue weighted by Crippen LogP contribution is 2.35. The van der Waals surface area contributed by atoms with Crippen molar-refractivity contribution in [1.29, 1.82) is 0 Å². The molecular formula is C22H27F3N4O4. The average Bonchev–Trinajstić information content (AvgIpc) is 2.83. The predicted octanol–water partition coefficient (Wildman–Crippen LogP) is 3.67. The molecule has 0 radical (unpaired) electrons. The lowest BCUT2D eigenvalue weighted by atomic mass is 9.89. The van der Waals surface area contributed by atoms with E-state index in [2.05, 4.69) is 9.97 Å². The van der Waals surface area contributed by atoms with Gasteiger partial charge in [-0.1, -0.05) is 6.92 Å². The Hall–Kier alpha value is -3.24. The Morgan fingerprint density at radius 2 is 1.73 bits per heavy atom. The number of methoxy groups -OCH3 is 2. The summed E-state index contributed by atoms with van der Waals surface area (Å²) in [6.45, 7) is 2.00. The second-order valence-electron chi connectivity index (χ2n) is 7.80. The normalized spacial score (nSPS) is 16.4. The number of nitrogens with zero attached hydrogens (tertiary/aromatic N) is 3. The standard InChI is InChI=1S/C22H27F3N4O4/c1-12(20(23)24)21(25)33-18-11-27-15(8-17(18)32-3)22(30)29-6-4-13(5-7-29)14-10-28-19(26)9-16(14)31-2/h8-13,20-21H,4-7H2,1-3H3,(H2,26,28). The summed E-state index contributed by atoms with van der Waals surface area (Å²) in [7, 11) is 2.88. The largest absolute Gasteiger partial charge is 0.496 e. The maximum absolute atomic E-state index is 14.0. The van der Waals surface area contributed by atoms with Gasteiger partial charge >= 0.3 is 0 Å². The molecule has 1 fully saturated rings. The summed E-state index contributed by atoms with van der Waals surface area (Å²) in [5.74, 6) is -0.875. The molecule has 1 aliphatic heterocycles. The minimum Gasteiger partial charge on any atom is -0.496 e. The van der Waals surface area contributed by atoms with E-state index in [1.807, 2.05) is 0 Å². The Bertz CT molecular complexity index is 971. The summed E-state index contributed by atoms with van der Waals surface area (Å²) in [6, 6.07) is 2.99. The molecule has 1 amide bonds. The smallest absolute Gasteiger partial charge is 0.272 e. The van der Waals surface area contributed by atoms with Crippen molar-refractivity contribution in [2.45, 2.75) is 38.5 Å². The Morgan fingerprint density at radius 1 is 1.06 bits per heavy atom. The number of nitrogen functional groups attached to an aromatic ring is 1. The summed E-state index contributed by atoms with van der Waals surface area (Å²) in [5.41, 5.74) is 6.75. The second-order valence-corrected chi connectivity index (χ2v) is 7.80. The Kier molecular flexibility index (Phi) is 7.83. The molecule has 0 bridgehead atoms. The summed E-state index contributed by atoms with van der Waals surface area (Å²) in [5, 5.41) is 0.